The first-order valence-corrected chi connectivity index (χ1v) is 7.87. The predicted molar refractivity (Wildman–Crippen MR) is 72.1 cm³/mol. The molecule has 1 amide bonds. The molecule has 110 valence electrons. The van der Waals surface area contributed by atoms with Crippen molar-refractivity contribution in [2.24, 2.45) is 0 Å². The SMILES string of the molecule is CCC1C(=O)NCCN1S(=O)(=O)c1cc(C)ccc1F. The van der Waals surface area contributed by atoms with Crippen LogP contribution in [0.1, 0.15) is 18.9 Å². The van der Waals surface area contributed by atoms with Gasteiger partial charge in [-0.2, -0.15) is 4.31 Å². The number of carbonyl (C=O) groups excluding carboxylic acids is 1. The van der Waals surface area contributed by atoms with Crippen LogP contribution in [0.25, 0.3) is 0 Å². The van der Waals surface area contributed by atoms with Gasteiger partial charge in [-0.1, -0.05) is 13.0 Å². The molecule has 1 heterocycles. The van der Waals surface area contributed by atoms with Gasteiger partial charge < -0.3 is 5.32 Å². The molecule has 0 radical (unpaired) electrons. The molecule has 1 aliphatic heterocycles. The van der Waals surface area contributed by atoms with E-state index in [1.807, 2.05) is 0 Å². The van der Waals surface area contributed by atoms with Crippen molar-refractivity contribution in [2.75, 3.05) is 13.1 Å². The van der Waals surface area contributed by atoms with E-state index in [2.05, 4.69) is 5.32 Å². The number of halogens is 1. The zero-order chi connectivity index (χ0) is 14.9. The predicted octanol–water partition coefficient (Wildman–Crippen LogP) is 1.03. The summed E-state index contributed by atoms with van der Waals surface area (Å²) < 4.78 is 40.1. The quantitative estimate of drug-likeness (QED) is 0.907. The van der Waals surface area contributed by atoms with Crippen molar-refractivity contribution in [2.45, 2.75) is 31.2 Å². The lowest BCUT2D eigenvalue weighted by Crippen LogP contribution is -2.56. The number of amides is 1. The number of carbonyl (C=O) groups is 1. The zero-order valence-electron chi connectivity index (χ0n) is 11.4. The second-order valence-electron chi connectivity index (χ2n) is 4.76. The van der Waals surface area contributed by atoms with Gasteiger partial charge in [0.15, 0.2) is 0 Å². The molecule has 2 rings (SSSR count). The molecule has 7 heteroatoms. The van der Waals surface area contributed by atoms with Crippen molar-refractivity contribution in [1.82, 2.24) is 9.62 Å². The molecule has 0 saturated carbocycles. The van der Waals surface area contributed by atoms with Gasteiger partial charge in [0.25, 0.3) is 0 Å². The maximum Gasteiger partial charge on any atom is 0.246 e. The van der Waals surface area contributed by atoms with E-state index in [9.17, 15) is 17.6 Å². The molecule has 1 aromatic rings. The van der Waals surface area contributed by atoms with E-state index in [0.29, 0.717) is 12.0 Å². The number of benzene rings is 1. The summed E-state index contributed by atoms with van der Waals surface area (Å²) >= 11 is 0. The van der Waals surface area contributed by atoms with Crippen LogP contribution < -0.4 is 5.32 Å². The Morgan fingerprint density at radius 3 is 2.80 bits per heavy atom. The Morgan fingerprint density at radius 1 is 1.45 bits per heavy atom. The topological polar surface area (TPSA) is 66.5 Å². The van der Waals surface area contributed by atoms with Crippen LogP contribution in [-0.2, 0) is 14.8 Å². The number of nitrogens with zero attached hydrogens (tertiary/aromatic N) is 1. The van der Waals surface area contributed by atoms with Gasteiger partial charge in [0.05, 0.1) is 0 Å². The number of piperazine rings is 1. The van der Waals surface area contributed by atoms with Gasteiger partial charge in [-0.05, 0) is 31.0 Å². The third kappa shape index (κ3) is 2.55. The van der Waals surface area contributed by atoms with Gasteiger partial charge in [0.1, 0.15) is 16.8 Å². The minimum absolute atomic E-state index is 0.153. The molecule has 1 aliphatic rings. The molecule has 1 aromatic carbocycles. The number of nitrogens with one attached hydrogen (secondary N) is 1. The lowest BCUT2D eigenvalue weighted by atomic mass is 10.2. The minimum Gasteiger partial charge on any atom is -0.353 e. The first kappa shape index (κ1) is 14.9. The summed E-state index contributed by atoms with van der Waals surface area (Å²) in [6.07, 6.45) is 0.346. The van der Waals surface area contributed by atoms with Crippen LogP contribution >= 0.6 is 0 Å². The molecule has 20 heavy (non-hydrogen) atoms. The highest BCUT2D eigenvalue weighted by molar-refractivity contribution is 7.89. The van der Waals surface area contributed by atoms with Crippen LogP contribution in [0.15, 0.2) is 23.1 Å². The summed E-state index contributed by atoms with van der Waals surface area (Å²) in [5, 5.41) is 2.62. The Morgan fingerprint density at radius 2 is 2.15 bits per heavy atom. The van der Waals surface area contributed by atoms with Crippen molar-refractivity contribution in [3.8, 4) is 0 Å². The fraction of sp³-hybridized carbons (Fsp3) is 0.462. The fourth-order valence-corrected chi connectivity index (χ4v) is 4.12. The molecule has 0 bridgehead atoms. The van der Waals surface area contributed by atoms with E-state index in [1.165, 1.54) is 12.1 Å². The Labute approximate surface area is 117 Å². The molecule has 1 fully saturated rings. The average molecular weight is 300 g/mol. The van der Waals surface area contributed by atoms with Gasteiger partial charge in [-0.15, -0.1) is 0 Å². The molecule has 1 N–H and O–H groups in total. The Kier molecular flexibility index (Phi) is 4.10. The molecule has 1 atom stereocenters. The third-order valence-corrected chi connectivity index (χ3v) is 5.26. The third-order valence-electron chi connectivity index (χ3n) is 3.34. The van der Waals surface area contributed by atoms with Crippen molar-refractivity contribution in [3.05, 3.63) is 29.6 Å². The highest BCUT2D eigenvalue weighted by atomic mass is 32.2. The van der Waals surface area contributed by atoms with E-state index in [1.54, 1.807) is 13.8 Å². The summed E-state index contributed by atoms with van der Waals surface area (Å²) in [5.41, 5.74) is 0.652. The van der Waals surface area contributed by atoms with E-state index in [0.717, 1.165) is 10.4 Å². The molecular weight excluding hydrogens is 283 g/mol. The van der Waals surface area contributed by atoms with Crippen LogP contribution in [0.5, 0.6) is 0 Å². The fourth-order valence-electron chi connectivity index (χ4n) is 2.31. The number of sulfonamides is 1. The molecule has 1 unspecified atom stereocenters. The van der Waals surface area contributed by atoms with Crippen LogP contribution in [-0.4, -0.2) is 37.8 Å². The second kappa shape index (κ2) is 5.49. The summed E-state index contributed by atoms with van der Waals surface area (Å²) in [6.45, 7) is 3.81. The van der Waals surface area contributed by atoms with Gasteiger partial charge in [0, 0.05) is 13.1 Å². The van der Waals surface area contributed by atoms with Crippen molar-refractivity contribution in [3.63, 3.8) is 0 Å². The highest BCUT2D eigenvalue weighted by Gasteiger charge is 2.38. The van der Waals surface area contributed by atoms with E-state index >= 15 is 0 Å². The lowest BCUT2D eigenvalue weighted by molar-refractivity contribution is -0.126. The van der Waals surface area contributed by atoms with Gasteiger partial charge in [0.2, 0.25) is 15.9 Å². The maximum absolute atomic E-state index is 13.8. The number of aryl methyl sites for hydroxylation is 1. The van der Waals surface area contributed by atoms with Crippen molar-refractivity contribution in [1.29, 1.82) is 0 Å². The summed E-state index contributed by atoms with van der Waals surface area (Å²) in [5.74, 6) is -1.13. The molecule has 5 nitrogen and oxygen atoms in total. The van der Waals surface area contributed by atoms with Crippen LogP contribution in [0.3, 0.4) is 0 Å². The minimum atomic E-state index is -4.01. The lowest BCUT2D eigenvalue weighted by Gasteiger charge is -2.33. The Hall–Kier alpha value is -1.47. The van der Waals surface area contributed by atoms with Gasteiger partial charge >= 0.3 is 0 Å². The first-order chi connectivity index (χ1) is 9.37. The monoisotopic (exact) mass is 300 g/mol. The molecule has 0 aromatic heterocycles. The van der Waals surface area contributed by atoms with Crippen molar-refractivity contribution >= 4 is 15.9 Å². The normalized spacial score (nSPS) is 20.8. The highest BCUT2D eigenvalue weighted by Crippen LogP contribution is 2.24. The molecular formula is C13H17FN2O3S. The largest absolute Gasteiger partial charge is 0.353 e. The molecule has 0 spiro atoms. The van der Waals surface area contributed by atoms with E-state index in [-0.39, 0.29) is 23.9 Å². The second-order valence-corrected chi connectivity index (χ2v) is 6.62. The zero-order valence-corrected chi connectivity index (χ0v) is 12.2. The van der Waals surface area contributed by atoms with Crippen LogP contribution in [0, 0.1) is 12.7 Å². The van der Waals surface area contributed by atoms with Crippen LogP contribution in [0.2, 0.25) is 0 Å². The van der Waals surface area contributed by atoms with E-state index in [4.69, 9.17) is 0 Å². The first-order valence-electron chi connectivity index (χ1n) is 6.43. The van der Waals surface area contributed by atoms with Gasteiger partial charge in [-0.3, -0.25) is 4.79 Å². The van der Waals surface area contributed by atoms with Gasteiger partial charge in [-0.25, -0.2) is 12.8 Å². The van der Waals surface area contributed by atoms with Crippen LogP contribution in [0.4, 0.5) is 4.39 Å². The smallest absolute Gasteiger partial charge is 0.246 e. The number of hydrogen-bond donors (Lipinski definition) is 1. The van der Waals surface area contributed by atoms with Crippen molar-refractivity contribution < 1.29 is 17.6 Å². The summed E-state index contributed by atoms with van der Waals surface area (Å²) in [4.78, 5) is 11.4. The standard InChI is InChI=1S/C13H17FN2O3S/c1-3-11-13(17)15-6-7-16(11)20(18,19)12-8-9(2)4-5-10(12)14/h4-5,8,11H,3,6-7H2,1-2H3,(H,15,17). The number of rotatable bonds is 3. The summed E-state index contributed by atoms with van der Waals surface area (Å²) in [7, 11) is -4.01. The Bertz CT molecular complexity index is 631. The summed E-state index contributed by atoms with van der Waals surface area (Å²) in [6, 6.07) is 3.15. The Balaban J connectivity index is 2.48. The maximum atomic E-state index is 13.8. The average Bonchev–Trinajstić information content (AvgIpc) is 2.41. The molecule has 1 saturated heterocycles. The van der Waals surface area contributed by atoms with E-state index < -0.39 is 21.9 Å². The molecule has 0 aliphatic carbocycles. The number of hydrogen-bond acceptors (Lipinski definition) is 3.